The van der Waals surface area contributed by atoms with Crippen molar-refractivity contribution < 1.29 is 10.0 Å². The summed E-state index contributed by atoms with van der Waals surface area (Å²) in [6, 6.07) is 18.2. The lowest BCUT2D eigenvalue weighted by atomic mass is 10.0. The Morgan fingerprint density at radius 3 is 1.89 bits per heavy atom. The number of ketones is 1. The maximum Gasteiger partial charge on any atom is 0.168 e. The largest absolute Gasteiger partial charge is 0.411 e. The summed E-state index contributed by atoms with van der Waals surface area (Å²) in [5.41, 5.74) is 1.75. The summed E-state index contributed by atoms with van der Waals surface area (Å²) in [5, 5.41) is 12.2. The van der Waals surface area contributed by atoms with E-state index >= 15 is 0 Å². The lowest BCUT2D eigenvalue weighted by Gasteiger charge is -2.04. The van der Waals surface area contributed by atoms with E-state index < -0.39 is 0 Å². The van der Waals surface area contributed by atoms with Crippen molar-refractivity contribution in [2.75, 3.05) is 0 Å². The van der Waals surface area contributed by atoms with Crippen molar-refractivity contribution >= 4 is 11.5 Å². The van der Waals surface area contributed by atoms with E-state index in [1.165, 1.54) is 0 Å². The fourth-order valence-corrected chi connectivity index (χ4v) is 1.70. The smallest absolute Gasteiger partial charge is 0.168 e. The van der Waals surface area contributed by atoms with E-state index in [1.807, 2.05) is 48.5 Å². The Morgan fingerprint density at radius 2 is 1.39 bits per heavy atom. The SMILES string of the molecule is O=C(C/C(=N/O)c1ccccc1)c1ccccc1. The van der Waals surface area contributed by atoms with Crippen LogP contribution in [-0.2, 0) is 0 Å². The molecule has 90 valence electrons. The average Bonchev–Trinajstić information content (AvgIpc) is 2.46. The molecule has 0 heterocycles. The molecule has 0 saturated heterocycles. The third kappa shape index (κ3) is 2.83. The molecular formula is C15H13NO2. The number of oxime groups is 1. The Balaban J connectivity index is 2.16. The minimum atomic E-state index is -0.0627. The van der Waals surface area contributed by atoms with E-state index in [4.69, 9.17) is 5.21 Å². The monoisotopic (exact) mass is 239 g/mol. The third-order valence-corrected chi connectivity index (χ3v) is 2.65. The number of carbonyl (C=O) groups excluding carboxylic acids is 1. The maximum absolute atomic E-state index is 12.0. The molecule has 2 rings (SSSR count). The van der Waals surface area contributed by atoms with Crippen LogP contribution in [0, 0.1) is 0 Å². The molecule has 0 unspecified atom stereocenters. The van der Waals surface area contributed by atoms with Crippen LogP contribution in [0.1, 0.15) is 22.3 Å². The number of rotatable bonds is 4. The lowest BCUT2D eigenvalue weighted by molar-refractivity contribution is 0.0999. The van der Waals surface area contributed by atoms with Gasteiger partial charge in [-0.05, 0) is 5.56 Å². The van der Waals surface area contributed by atoms with Gasteiger partial charge in [0.2, 0.25) is 0 Å². The fraction of sp³-hybridized carbons (Fsp3) is 0.0667. The molecule has 2 aromatic rings. The quantitative estimate of drug-likeness (QED) is 0.385. The van der Waals surface area contributed by atoms with E-state index in [9.17, 15) is 4.79 Å². The molecule has 18 heavy (non-hydrogen) atoms. The first-order chi connectivity index (χ1) is 8.81. The molecule has 0 fully saturated rings. The van der Waals surface area contributed by atoms with Gasteiger partial charge >= 0.3 is 0 Å². The molecule has 0 aromatic heterocycles. The molecule has 0 aliphatic rings. The highest BCUT2D eigenvalue weighted by atomic mass is 16.4. The van der Waals surface area contributed by atoms with Crippen LogP contribution >= 0.6 is 0 Å². The summed E-state index contributed by atoms with van der Waals surface area (Å²) in [6.45, 7) is 0. The molecule has 1 N–H and O–H groups in total. The van der Waals surface area contributed by atoms with Gasteiger partial charge in [0.05, 0.1) is 12.1 Å². The van der Waals surface area contributed by atoms with Gasteiger partial charge in [-0.1, -0.05) is 65.8 Å². The highest BCUT2D eigenvalue weighted by molar-refractivity contribution is 6.15. The molecule has 0 aliphatic carbocycles. The van der Waals surface area contributed by atoms with Crippen molar-refractivity contribution in [3.8, 4) is 0 Å². The second-order valence-corrected chi connectivity index (χ2v) is 3.88. The normalized spacial score (nSPS) is 11.2. The molecule has 0 bridgehead atoms. The zero-order valence-corrected chi connectivity index (χ0v) is 9.78. The molecule has 3 heteroatoms. The minimum Gasteiger partial charge on any atom is -0.411 e. The number of hydrogen-bond donors (Lipinski definition) is 1. The van der Waals surface area contributed by atoms with Crippen molar-refractivity contribution in [1.29, 1.82) is 0 Å². The van der Waals surface area contributed by atoms with Gasteiger partial charge in [0, 0.05) is 5.56 Å². The highest BCUT2D eigenvalue weighted by Gasteiger charge is 2.11. The molecule has 0 aliphatic heterocycles. The Kier molecular flexibility index (Phi) is 3.86. The van der Waals surface area contributed by atoms with Crippen molar-refractivity contribution in [1.82, 2.24) is 0 Å². The summed E-state index contributed by atoms with van der Waals surface area (Å²) in [4.78, 5) is 12.0. The van der Waals surface area contributed by atoms with E-state index in [2.05, 4.69) is 5.16 Å². The van der Waals surface area contributed by atoms with E-state index in [0.29, 0.717) is 11.3 Å². The summed E-state index contributed by atoms with van der Waals surface area (Å²) in [7, 11) is 0. The average molecular weight is 239 g/mol. The molecule has 3 nitrogen and oxygen atoms in total. The van der Waals surface area contributed by atoms with Gasteiger partial charge in [-0.3, -0.25) is 4.79 Å². The van der Waals surface area contributed by atoms with E-state index in [1.54, 1.807) is 12.1 Å². The standard InChI is InChI=1S/C15H13NO2/c17-15(13-9-5-2-6-10-13)11-14(16-18)12-7-3-1-4-8-12/h1-10,18H,11H2/b16-14-. The predicted octanol–water partition coefficient (Wildman–Crippen LogP) is 3.14. The highest BCUT2D eigenvalue weighted by Crippen LogP contribution is 2.09. The maximum atomic E-state index is 12.0. The first-order valence-electron chi connectivity index (χ1n) is 5.66. The van der Waals surface area contributed by atoms with Gasteiger partial charge in [0.25, 0.3) is 0 Å². The Bertz CT molecular complexity index is 547. The fourth-order valence-electron chi connectivity index (χ4n) is 1.70. The molecular weight excluding hydrogens is 226 g/mol. The predicted molar refractivity (Wildman–Crippen MR) is 70.2 cm³/mol. The zero-order chi connectivity index (χ0) is 12.8. The number of nitrogens with zero attached hydrogens (tertiary/aromatic N) is 1. The van der Waals surface area contributed by atoms with Crippen LogP contribution in [0.2, 0.25) is 0 Å². The van der Waals surface area contributed by atoms with E-state index in [0.717, 1.165) is 5.56 Å². The van der Waals surface area contributed by atoms with Gasteiger partial charge in [0.15, 0.2) is 5.78 Å². The molecule has 0 saturated carbocycles. The van der Waals surface area contributed by atoms with E-state index in [-0.39, 0.29) is 12.2 Å². The van der Waals surface area contributed by atoms with Gasteiger partial charge < -0.3 is 5.21 Å². The van der Waals surface area contributed by atoms with Crippen LogP contribution in [-0.4, -0.2) is 16.7 Å². The van der Waals surface area contributed by atoms with Crippen LogP contribution in [0.25, 0.3) is 0 Å². The van der Waals surface area contributed by atoms with Gasteiger partial charge in [-0.15, -0.1) is 0 Å². The van der Waals surface area contributed by atoms with Crippen molar-refractivity contribution in [3.05, 3.63) is 71.8 Å². The van der Waals surface area contributed by atoms with Gasteiger partial charge in [-0.25, -0.2) is 0 Å². The van der Waals surface area contributed by atoms with Gasteiger partial charge in [0.1, 0.15) is 0 Å². The summed E-state index contributed by atoms with van der Waals surface area (Å²) >= 11 is 0. The summed E-state index contributed by atoms with van der Waals surface area (Å²) < 4.78 is 0. The molecule has 2 aromatic carbocycles. The molecule has 0 radical (unpaired) electrons. The molecule has 0 amide bonds. The Labute approximate surface area is 105 Å². The second-order valence-electron chi connectivity index (χ2n) is 3.88. The van der Waals surface area contributed by atoms with Crippen LogP contribution in [0.15, 0.2) is 65.8 Å². The number of carbonyl (C=O) groups is 1. The molecule has 0 spiro atoms. The summed E-state index contributed by atoms with van der Waals surface area (Å²) in [6.07, 6.45) is 0.0878. The second kappa shape index (κ2) is 5.77. The van der Waals surface area contributed by atoms with Crippen LogP contribution in [0.5, 0.6) is 0 Å². The lowest BCUT2D eigenvalue weighted by Crippen LogP contribution is -2.09. The third-order valence-electron chi connectivity index (χ3n) is 2.65. The van der Waals surface area contributed by atoms with Crippen LogP contribution in [0.4, 0.5) is 0 Å². The zero-order valence-electron chi connectivity index (χ0n) is 9.78. The number of hydrogen-bond acceptors (Lipinski definition) is 3. The van der Waals surface area contributed by atoms with Crippen molar-refractivity contribution in [2.24, 2.45) is 5.16 Å². The summed E-state index contributed by atoms with van der Waals surface area (Å²) in [5.74, 6) is -0.0627. The molecule has 0 atom stereocenters. The number of Topliss-reactive ketones (excluding diaryl/α,β-unsaturated/α-hetero) is 1. The van der Waals surface area contributed by atoms with Gasteiger partial charge in [-0.2, -0.15) is 0 Å². The topological polar surface area (TPSA) is 49.7 Å². The Morgan fingerprint density at radius 1 is 0.889 bits per heavy atom. The van der Waals surface area contributed by atoms with Crippen molar-refractivity contribution in [3.63, 3.8) is 0 Å². The van der Waals surface area contributed by atoms with Crippen LogP contribution in [0.3, 0.4) is 0 Å². The van der Waals surface area contributed by atoms with Crippen molar-refractivity contribution in [2.45, 2.75) is 6.42 Å². The Hall–Kier alpha value is -2.42. The number of benzene rings is 2. The van der Waals surface area contributed by atoms with Crippen LogP contribution < -0.4 is 0 Å². The minimum absolute atomic E-state index is 0.0627. The first-order valence-corrected chi connectivity index (χ1v) is 5.66. The first kappa shape index (κ1) is 12.0.